The largest absolute Gasteiger partial charge is 0.495 e. The molecular formula is C16H18N2O5. The molecule has 0 saturated heterocycles. The summed E-state index contributed by atoms with van der Waals surface area (Å²) in [4.78, 5) is 23.6. The maximum absolute atomic E-state index is 11.8. The van der Waals surface area contributed by atoms with Crippen LogP contribution < -0.4 is 15.4 Å². The van der Waals surface area contributed by atoms with Gasteiger partial charge in [-0.05, 0) is 24.6 Å². The van der Waals surface area contributed by atoms with E-state index in [-0.39, 0.29) is 13.0 Å². The Hall–Kier alpha value is -2.80. The van der Waals surface area contributed by atoms with Crippen molar-refractivity contribution in [1.29, 1.82) is 0 Å². The maximum atomic E-state index is 11.8. The number of aliphatic hydroxyl groups excluding tert-OH is 1. The van der Waals surface area contributed by atoms with Crippen LogP contribution in [0.3, 0.4) is 0 Å². The fourth-order valence-electron chi connectivity index (χ4n) is 1.96. The third-order valence-corrected chi connectivity index (χ3v) is 3.19. The van der Waals surface area contributed by atoms with Gasteiger partial charge in [0.2, 0.25) is 0 Å². The number of ether oxygens (including phenoxy) is 1. The molecule has 7 nitrogen and oxygen atoms in total. The van der Waals surface area contributed by atoms with Gasteiger partial charge in [0.25, 0.3) is 0 Å². The van der Waals surface area contributed by atoms with Gasteiger partial charge in [0.05, 0.1) is 31.4 Å². The molecule has 0 aliphatic rings. The average Bonchev–Trinajstić information content (AvgIpc) is 3.09. The predicted octanol–water partition coefficient (Wildman–Crippen LogP) is 1.47. The van der Waals surface area contributed by atoms with Gasteiger partial charge in [-0.1, -0.05) is 12.1 Å². The standard InChI is InChI=1S/C16H18N2O5/c1-22-14-5-3-2-4-12(14)18-16(21)15(20)17-8-6-13(19)11-7-9-23-10-11/h2-5,7,9-10,13,19H,6,8H2,1H3,(H,17,20)(H,18,21). The molecule has 7 heteroatoms. The van der Waals surface area contributed by atoms with Crippen LogP contribution in [0.1, 0.15) is 18.1 Å². The first-order chi connectivity index (χ1) is 11.1. The molecule has 122 valence electrons. The van der Waals surface area contributed by atoms with Crippen molar-refractivity contribution in [2.45, 2.75) is 12.5 Å². The van der Waals surface area contributed by atoms with Gasteiger partial charge in [-0.2, -0.15) is 0 Å². The van der Waals surface area contributed by atoms with Crippen molar-refractivity contribution in [3.63, 3.8) is 0 Å². The molecule has 1 heterocycles. The number of amides is 2. The number of hydrogen-bond donors (Lipinski definition) is 3. The molecule has 1 atom stereocenters. The lowest BCUT2D eigenvalue weighted by Gasteiger charge is -2.11. The lowest BCUT2D eigenvalue weighted by molar-refractivity contribution is -0.136. The number of carbonyl (C=O) groups excluding carboxylic acids is 2. The molecule has 0 saturated carbocycles. The van der Waals surface area contributed by atoms with Crippen LogP contribution in [0.2, 0.25) is 0 Å². The third kappa shape index (κ3) is 4.58. The Balaban J connectivity index is 1.80. The summed E-state index contributed by atoms with van der Waals surface area (Å²) in [5.74, 6) is -1.12. The Labute approximate surface area is 133 Å². The van der Waals surface area contributed by atoms with Gasteiger partial charge >= 0.3 is 11.8 Å². The van der Waals surface area contributed by atoms with Crippen molar-refractivity contribution < 1.29 is 23.8 Å². The van der Waals surface area contributed by atoms with Crippen molar-refractivity contribution in [1.82, 2.24) is 5.32 Å². The van der Waals surface area contributed by atoms with Crippen LogP contribution in [0, 0.1) is 0 Å². The molecule has 1 aromatic carbocycles. The van der Waals surface area contributed by atoms with E-state index in [1.807, 2.05) is 0 Å². The first-order valence-corrected chi connectivity index (χ1v) is 7.04. The Morgan fingerprint density at radius 2 is 2.04 bits per heavy atom. The lowest BCUT2D eigenvalue weighted by atomic mass is 10.1. The highest BCUT2D eigenvalue weighted by atomic mass is 16.5. The second-order valence-electron chi connectivity index (χ2n) is 4.77. The van der Waals surface area contributed by atoms with Crippen LogP contribution in [0.4, 0.5) is 5.69 Å². The van der Waals surface area contributed by atoms with E-state index < -0.39 is 17.9 Å². The van der Waals surface area contributed by atoms with Gasteiger partial charge in [-0.15, -0.1) is 0 Å². The Morgan fingerprint density at radius 3 is 2.74 bits per heavy atom. The Bertz CT molecular complexity index is 654. The zero-order chi connectivity index (χ0) is 16.7. The van der Waals surface area contributed by atoms with Crippen LogP contribution in [0.15, 0.2) is 47.3 Å². The quantitative estimate of drug-likeness (QED) is 0.700. The minimum Gasteiger partial charge on any atom is -0.495 e. The average molecular weight is 318 g/mol. The number of anilines is 1. The van der Waals surface area contributed by atoms with Crippen molar-refractivity contribution in [3.05, 3.63) is 48.4 Å². The number of carbonyl (C=O) groups is 2. The summed E-state index contributed by atoms with van der Waals surface area (Å²) >= 11 is 0. The van der Waals surface area contributed by atoms with E-state index in [2.05, 4.69) is 10.6 Å². The van der Waals surface area contributed by atoms with E-state index in [1.165, 1.54) is 19.6 Å². The highest BCUT2D eigenvalue weighted by Crippen LogP contribution is 2.22. The van der Waals surface area contributed by atoms with E-state index in [0.29, 0.717) is 17.0 Å². The molecule has 0 fully saturated rings. The molecule has 0 radical (unpaired) electrons. The van der Waals surface area contributed by atoms with Crippen LogP contribution in [0.25, 0.3) is 0 Å². The second-order valence-corrected chi connectivity index (χ2v) is 4.77. The second kappa shape index (κ2) is 8.00. The topological polar surface area (TPSA) is 101 Å². The van der Waals surface area contributed by atoms with Crippen molar-refractivity contribution in [3.8, 4) is 5.75 Å². The minimum atomic E-state index is -0.799. The van der Waals surface area contributed by atoms with Crippen LogP contribution in [0.5, 0.6) is 5.75 Å². The normalized spacial score (nSPS) is 11.6. The van der Waals surface area contributed by atoms with Crippen molar-refractivity contribution >= 4 is 17.5 Å². The van der Waals surface area contributed by atoms with E-state index >= 15 is 0 Å². The molecule has 23 heavy (non-hydrogen) atoms. The number of para-hydroxylation sites is 2. The zero-order valence-corrected chi connectivity index (χ0v) is 12.6. The van der Waals surface area contributed by atoms with E-state index in [1.54, 1.807) is 30.3 Å². The first-order valence-electron chi connectivity index (χ1n) is 7.04. The predicted molar refractivity (Wildman–Crippen MR) is 82.9 cm³/mol. The van der Waals surface area contributed by atoms with Crippen LogP contribution in [-0.4, -0.2) is 30.6 Å². The van der Waals surface area contributed by atoms with Crippen molar-refractivity contribution in [2.24, 2.45) is 0 Å². The zero-order valence-electron chi connectivity index (χ0n) is 12.6. The number of nitrogens with one attached hydrogen (secondary N) is 2. The van der Waals surface area contributed by atoms with Gasteiger partial charge in [0.1, 0.15) is 5.75 Å². The summed E-state index contributed by atoms with van der Waals surface area (Å²) in [5, 5.41) is 14.8. The highest BCUT2D eigenvalue weighted by Gasteiger charge is 2.16. The summed E-state index contributed by atoms with van der Waals surface area (Å²) in [6, 6.07) is 8.42. The number of hydrogen-bond acceptors (Lipinski definition) is 5. The number of rotatable bonds is 6. The Morgan fingerprint density at radius 1 is 1.26 bits per heavy atom. The summed E-state index contributed by atoms with van der Waals surface area (Å²) in [6.45, 7) is 0.157. The van der Waals surface area contributed by atoms with Gasteiger partial charge < -0.3 is 24.9 Å². The molecule has 1 unspecified atom stereocenters. The molecule has 2 aromatic rings. The van der Waals surface area contributed by atoms with Crippen LogP contribution in [-0.2, 0) is 9.59 Å². The summed E-state index contributed by atoms with van der Waals surface area (Å²) in [7, 11) is 1.47. The van der Waals surface area contributed by atoms with Gasteiger partial charge in [-0.3, -0.25) is 9.59 Å². The van der Waals surface area contributed by atoms with E-state index in [0.717, 1.165) is 0 Å². The molecule has 0 aliphatic heterocycles. The summed E-state index contributed by atoms with van der Waals surface area (Å²) in [5.41, 5.74) is 1.03. The molecule has 1 aromatic heterocycles. The monoisotopic (exact) mass is 318 g/mol. The molecule has 0 aliphatic carbocycles. The fourth-order valence-corrected chi connectivity index (χ4v) is 1.96. The van der Waals surface area contributed by atoms with E-state index in [9.17, 15) is 14.7 Å². The molecule has 3 N–H and O–H groups in total. The minimum absolute atomic E-state index is 0.157. The number of benzene rings is 1. The SMILES string of the molecule is COc1ccccc1NC(=O)C(=O)NCCC(O)c1ccoc1. The number of methoxy groups -OCH3 is 1. The maximum Gasteiger partial charge on any atom is 0.313 e. The van der Waals surface area contributed by atoms with Gasteiger partial charge in [0.15, 0.2) is 0 Å². The smallest absolute Gasteiger partial charge is 0.313 e. The van der Waals surface area contributed by atoms with E-state index in [4.69, 9.17) is 9.15 Å². The molecule has 0 bridgehead atoms. The molecular weight excluding hydrogens is 300 g/mol. The van der Waals surface area contributed by atoms with Crippen LogP contribution >= 0.6 is 0 Å². The Kier molecular flexibility index (Phi) is 5.76. The highest BCUT2D eigenvalue weighted by molar-refractivity contribution is 6.39. The lowest BCUT2D eigenvalue weighted by Crippen LogP contribution is -2.36. The van der Waals surface area contributed by atoms with Gasteiger partial charge in [-0.25, -0.2) is 0 Å². The molecule has 2 amide bonds. The summed E-state index contributed by atoms with van der Waals surface area (Å²) < 4.78 is 9.96. The third-order valence-electron chi connectivity index (χ3n) is 3.19. The number of aliphatic hydroxyl groups is 1. The van der Waals surface area contributed by atoms with Crippen molar-refractivity contribution in [2.75, 3.05) is 19.0 Å². The van der Waals surface area contributed by atoms with Gasteiger partial charge in [0, 0.05) is 12.1 Å². The molecule has 2 rings (SSSR count). The molecule has 0 spiro atoms. The fraction of sp³-hybridized carbons (Fsp3) is 0.250. The summed E-state index contributed by atoms with van der Waals surface area (Å²) in [6.07, 6.45) is 2.40. The number of furan rings is 1. The first kappa shape index (κ1) is 16.6.